The van der Waals surface area contributed by atoms with Gasteiger partial charge in [-0.2, -0.15) is 0 Å². The van der Waals surface area contributed by atoms with E-state index in [1.54, 1.807) is 6.20 Å². The lowest BCUT2D eigenvalue weighted by Crippen LogP contribution is -2.39. The van der Waals surface area contributed by atoms with E-state index in [0.717, 1.165) is 18.2 Å². The fourth-order valence-electron chi connectivity index (χ4n) is 2.64. The number of aromatic nitrogens is 2. The first-order valence-corrected chi connectivity index (χ1v) is 6.94. The highest BCUT2D eigenvalue weighted by molar-refractivity contribution is 5.42. The molecule has 2 N–H and O–H groups in total. The van der Waals surface area contributed by atoms with Crippen molar-refractivity contribution in [3.05, 3.63) is 12.4 Å². The highest BCUT2D eigenvalue weighted by atomic mass is 15.1. The summed E-state index contributed by atoms with van der Waals surface area (Å²) >= 11 is 0. The zero-order valence-electron chi connectivity index (χ0n) is 11.7. The van der Waals surface area contributed by atoms with Gasteiger partial charge in [0.15, 0.2) is 0 Å². The SMILES string of the molecule is CCNc1cncc(NC2CCCCC2(C)C)n1. The molecule has 1 heterocycles. The Balaban J connectivity index is 2.06. The van der Waals surface area contributed by atoms with Crippen molar-refractivity contribution in [2.45, 2.75) is 52.5 Å². The molecule has 0 aromatic carbocycles. The molecule has 0 spiro atoms. The monoisotopic (exact) mass is 248 g/mol. The fourth-order valence-corrected chi connectivity index (χ4v) is 2.64. The van der Waals surface area contributed by atoms with Crippen molar-refractivity contribution < 1.29 is 0 Å². The minimum Gasteiger partial charge on any atom is -0.369 e. The standard InChI is InChI=1S/C14H24N4/c1-4-16-12-9-15-10-13(18-12)17-11-7-5-6-8-14(11,2)3/h9-11H,4-8H2,1-3H3,(H2,16,17,18). The van der Waals surface area contributed by atoms with Gasteiger partial charge in [0.2, 0.25) is 0 Å². The molecule has 1 saturated carbocycles. The molecule has 1 aromatic heterocycles. The maximum Gasteiger partial charge on any atom is 0.147 e. The van der Waals surface area contributed by atoms with Crippen LogP contribution in [0.4, 0.5) is 11.6 Å². The summed E-state index contributed by atoms with van der Waals surface area (Å²) in [6.07, 6.45) is 8.73. The van der Waals surface area contributed by atoms with E-state index < -0.39 is 0 Å². The van der Waals surface area contributed by atoms with Crippen molar-refractivity contribution in [1.29, 1.82) is 0 Å². The van der Waals surface area contributed by atoms with Crippen LogP contribution in [0.3, 0.4) is 0 Å². The van der Waals surface area contributed by atoms with Crippen molar-refractivity contribution in [2.75, 3.05) is 17.2 Å². The van der Waals surface area contributed by atoms with Gasteiger partial charge in [-0.05, 0) is 25.2 Å². The number of nitrogens with zero attached hydrogens (tertiary/aromatic N) is 2. The van der Waals surface area contributed by atoms with Crippen LogP contribution in [0.25, 0.3) is 0 Å². The number of hydrogen-bond acceptors (Lipinski definition) is 4. The van der Waals surface area contributed by atoms with Crippen LogP contribution in [-0.4, -0.2) is 22.6 Å². The van der Waals surface area contributed by atoms with Gasteiger partial charge in [-0.3, -0.25) is 4.98 Å². The van der Waals surface area contributed by atoms with Gasteiger partial charge in [0.1, 0.15) is 11.6 Å². The van der Waals surface area contributed by atoms with Crippen molar-refractivity contribution >= 4 is 11.6 Å². The summed E-state index contributed by atoms with van der Waals surface area (Å²) in [4.78, 5) is 8.77. The zero-order valence-corrected chi connectivity index (χ0v) is 11.7. The van der Waals surface area contributed by atoms with E-state index in [1.807, 2.05) is 6.20 Å². The molecular weight excluding hydrogens is 224 g/mol. The molecule has 1 atom stereocenters. The molecule has 4 nitrogen and oxygen atoms in total. The Morgan fingerprint density at radius 3 is 2.78 bits per heavy atom. The molecule has 2 rings (SSSR count). The minimum absolute atomic E-state index is 0.341. The first-order valence-electron chi connectivity index (χ1n) is 6.94. The van der Waals surface area contributed by atoms with Gasteiger partial charge in [-0.25, -0.2) is 4.98 Å². The second-order valence-corrected chi connectivity index (χ2v) is 5.75. The van der Waals surface area contributed by atoms with E-state index in [2.05, 4.69) is 41.4 Å². The summed E-state index contributed by atoms with van der Waals surface area (Å²) in [5, 5.41) is 6.75. The smallest absolute Gasteiger partial charge is 0.147 e. The van der Waals surface area contributed by atoms with Gasteiger partial charge in [-0.15, -0.1) is 0 Å². The van der Waals surface area contributed by atoms with Crippen LogP contribution in [0, 0.1) is 5.41 Å². The van der Waals surface area contributed by atoms with E-state index in [1.165, 1.54) is 25.7 Å². The van der Waals surface area contributed by atoms with Gasteiger partial charge < -0.3 is 10.6 Å². The summed E-state index contributed by atoms with van der Waals surface area (Å²) in [5.41, 5.74) is 0.341. The van der Waals surface area contributed by atoms with Gasteiger partial charge in [0.05, 0.1) is 12.4 Å². The average molecular weight is 248 g/mol. The second kappa shape index (κ2) is 5.55. The normalized spacial score (nSPS) is 22.5. The first kappa shape index (κ1) is 13.1. The maximum atomic E-state index is 4.54. The molecule has 0 saturated heterocycles. The molecule has 1 fully saturated rings. The molecule has 0 aliphatic heterocycles. The van der Waals surface area contributed by atoms with Crippen LogP contribution in [0.15, 0.2) is 12.4 Å². The molecule has 18 heavy (non-hydrogen) atoms. The Morgan fingerprint density at radius 2 is 2.06 bits per heavy atom. The van der Waals surface area contributed by atoms with E-state index in [0.29, 0.717) is 11.5 Å². The highest BCUT2D eigenvalue weighted by Gasteiger charge is 2.32. The van der Waals surface area contributed by atoms with Crippen LogP contribution in [0.1, 0.15) is 46.5 Å². The van der Waals surface area contributed by atoms with E-state index in [9.17, 15) is 0 Å². The summed E-state index contributed by atoms with van der Waals surface area (Å²) in [6.45, 7) is 7.61. The third-order valence-electron chi connectivity index (χ3n) is 3.82. The fraction of sp³-hybridized carbons (Fsp3) is 0.714. The van der Waals surface area contributed by atoms with Crippen molar-refractivity contribution in [2.24, 2.45) is 5.41 Å². The van der Waals surface area contributed by atoms with Crippen LogP contribution in [0.5, 0.6) is 0 Å². The largest absolute Gasteiger partial charge is 0.369 e. The predicted octanol–water partition coefficient (Wildman–Crippen LogP) is 3.29. The van der Waals surface area contributed by atoms with Crippen LogP contribution >= 0.6 is 0 Å². The Bertz CT molecular complexity index is 389. The zero-order chi connectivity index (χ0) is 13.0. The molecule has 0 amide bonds. The second-order valence-electron chi connectivity index (χ2n) is 5.75. The molecule has 0 bridgehead atoms. The third kappa shape index (κ3) is 3.12. The molecule has 100 valence electrons. The molecule has 0 radical (unpaired) electrons. The Morgan fingerprint density at radius 1 is 1.28 bits per heavy atom. The average Bonchev–Trinajstić information content (AvgIpc) is 2.33. The molecule has 1 aromatic rings. The van der Waals surface area contributed by atoms with Gasteiger partial charge in [-0.1, -0.05) is 26.7 Å². The lowest BCUT2D eigenvalue weighted by molar-refractivity contribution is 0.216. The molecule has 1 unspecified atom stereocenters. The number of rotatable bonds is 4. The van der Waals surface area contributed by atoms with Gasteiger partial charge in [0, 0.05) is 12.6 Å². The van der Waals surface area contributed by atoms with Crippen molar-refractivity contribution in [3.8, 4) is 0 Å². The van der Waals surface area contributed by atoms with Gasteiger partial charge >= 0.3 is 0 Å². The summed E-state index contributed by atoms with van der Waals surface area (Å²) in [7, 11) is 0. The summed E-state index contributed by atoms with van der Waals surface area (Å²) < 4.78 is 0. The minimum atomic E-state index is 0.341. The van der Waals surface area contributed by atoms with Crippen LogP contribution in [0.2, 0.25) is 0 Å². The number of hydrogen-bond donors (Lipinski definition) is 2. The van der Waals surface area contributed by atoms with Crippen molar-refractivity contribution in [3.63, 3.8) is 0 Å². The first-order chi connectivity index (χ1) is 8.62. The molecule has 4 heteroatoms. The maximum absolute atomic E-state index is 4.54. The highest BCUT2D eigenvalue weighted by Crippen LogP contribution is 2.36. The summed E-state index contributed by atoms with van der Waals surface area (Å²) in [5.74, 6) is 1.73. The quantitative estimate of drug-likeness (QED) is 0.858. The third-order valence-corrected chi connectivity index (χ3v) is 3.82. The number of anilines is 2. The molecule has 1 aliphatic carbocycles. The van der Waals surface area contributed by atoms with Crippen LogP contribution < -0.4 is 10.6 Å². The Hall–Kier alpha value is -1.32. The lowest BCUT2D eigenvalue weighted by atomic mass is 9.73. The van der Waals surface area contributed by atoms with E-state index in [-0.39, 0.29) is 0 Å². The van der Waals surface area contributed by atoms with E-state index in [4.69, 9.17) is 0 Å². The van der Waals surface area contributed by atoms with E-state index >= 15 is 0 Å². The number of nitrogens with one attached hydrogen (secondary N) is 2. The molecule has 1 aliphatic rings. The topological polar surface area (TPSA) is 49.8 Å². The summed E-state index contributed by atoms with van der Waals surface area (Å²) in [6, 6.07) is 0.498. The predicted molar refractivity (Wildman–Crippen MR) is 75.9 cm³/mol. The van der Waals surface area contributed by atoms with Crippen molar-refractivity contribution in [1.82, 2.24) is 9.97 Å². The molecular formula is C14H24N4. The Labute approximate surface area is 110 Å². The van der Waals surface area contributed by atoms with Crippen LogP contribution in [-0.2, 0) is 0 Å². The van der Waals surface area contributed by atoms with Gasteiger partial charge in [0.25, 0.3) is 0 Å². The lowest BCUT2D eigenvalue weighted by Gasteiger charge is -2.39. The Kier molecular flexibility index (Phi) is 4.04.